The van der Waals surface area contributed by atoms with Gasteiger partial charge in [0.05, 0.1) is 6.54 Å². The third kappa shape index (κ3) is 2.41. The average Bonchev–Trinajstić information content (AvgIpc) is 2.56. The third-order valence-corrected chi connectivity index (χ3v) is 3.33. The van der Waals surface area contributed by atoms with Crippen LogP contribution in [0.2, 0.25) is 0 Å². The second-order valence-corrected chi connectivity index (χ2v) is 4.47. The van der Waals surface area contributed by atoms with E-state index in [4.69, 9.17) is 9.52 Å². The van der Waals surface area contributed by atoms with Gasteiger partial charge in [0.2, 0.25) is 0 Å². The maximum Gasteiger partial charge on any atom is 0.117 e. The number of hydrogen-bond donors (Lipinski definition) is 2. The summed E-state index contributed by atoms with van der Waals surface area (Å²) in [4.78, 5) is 0. The standard InChI is InChI=1S/C12H19NO2/c1-10-3-4-11(15-10)9-13-12(7-8-14)5-2-6-12/h3-4,13-14H,2,5-9H2,1H3. The fourth-order valence-corrected chi connectivity index (χ4v) is 2.19. The van der Waals surface area contributed by atoms with Crippen LogP contribution in [-0.4, -0.2) is 17.3 Å². The van der Waals surface area contributed by atoms with Gasteiger partial charge in [-0.05, 0) is 44.7 Å². The molecule has 0 spiro atoms. The molecule has 0 bridgehead atoms. The molecule has 1 aliphatic rings. The summed E-state index contributed by atoms with van der Waals surface area (Å²) < 4.78 is 5.50. The average molecular weight is 209 g/mol. The summed E-state index contributed by atoms with van der Waals surface area (Å²) in [7, 11) is 0. The van der Waals surface area contributed by atoms with Crippen LogP contribution in [0.1, 0.15) is 37.2 Å². The quantitative estimate of drug-likeness (QED) is 0.779. The van der Waals surface area contributed by atoms with Crippen LogP contribution in [0.4, 0.5) is 0 Å². The molecule has 3 heteroatoms. The minimum Gasteiger partial charge on any atom is -0.465 e. The number of nitrogens with one attached hydrogen (secondary N) is 1. The van der Waals surface area contributed by atoms with Gasteiger partial charge in [0.15, 0.2) is 0 Å². The first-order chi connectivity index (χ1) is 7.24. The first-order valence-electron chi connectivity index (χ1n) is 5.65. The van der Waals surface area contributed by atoms with Crippen molar-refractivity contribution in [1.82, 2.24) is 5.32 Å². The Morgan fingerprint density at radius 1 is 1.47 bits per heavy atom. The van der Waals surface area contributed by atoms with E-state index in [0.717, 1.165) is 24.5 Å². The van der Waals surface area contributed by atoms with E-state index in [1.165, 1.54) is 19.3 Å². The molecule has 84 valence electrons. The molecule has 1 fully saturated rings. The van der Waals surface area contributed by atoms with Gasteiger partial charge in [-0.3, -0.25) is 0 Å². The molecule has 0 atom stereocenters. The SMILES string of the molecule is Cc1ccc(CNC2(CCO)CCC2)o1. The van der Waals surface area contributed by atoms with Crippen molar-refractivity contribution < 1.29 is 9.52 Å². The van der Waals surface area contributed by atoms with E-state index in [1.54, 1.807) is 0 Å². The van der Waals surface area contributed by atoms with E-state index < -0.39 is 0 Å². The van der Waals surface area contributed by atoms with Crippen molar-refractivity contribution in [3.8, 4) is 0 Å². The monoisotopic (exact) mass is 209 g/mol. The minimum atomic E-state index is 0.176. The second kappa shape index (κ2) is 4.37. The summed E-state index contributed by atoms with van der Waals surface area (Å²) in [5.74, 6) is 1.94. The van der Waals surface area contributed by atoms with Crippen molar-refractivity contribution >= 4 is 0 Å². The van der Waals surface area contributed by atoms with Crippen LogP contribution in [0.5, 0.6) is 0 Å². The Labute approximate surface area is 90.5 Å². The van der Waals surface area contributed by atoms with Crippen LogP contribution in [0.3, 0.4) is 0 Å². The van der Waals surface area contributed by atoms with Crippen LogP contribution in [-0.2, 0) is 6.54 Å². The zero-order valence-corrected chi connectivity index (χ0v) is 9.25. The van der Waals surface area contributed by atoms with Gasteiger partial charge in [0, 0.05) is 12.1 Å². The highest BCUT2D eigenvalue weighted by Crippen LogP contribution is 2.34. The van der Waals surface area contributed by atoms with Gasteiger partial charge in [0.1, 0.15) is 11.5 Å². The van der Waals surface area contributed by atoms with Crippen molar-refractivity contribution in [2.24, 2.45) is 0 Å². The van der Waals surface area contributed by atoms with E-state index in [2.05, 4.69) is 5.32 Å². The maximum atomic E-state index is 9.00. The number of aliphatic hydroxyl groups is 1. The fraction of sp³-hybridized carbons (Fsp3) is 0.667. The van der Waals surface area contributed by atoms with Gasteiger partial charge in [-0.15, -0.1) is 0 Å². The summed E-state index contributed by atoms with van der Waals surface area (Å²) in [6, 6.07) is 3.99. The van der Waals surface area contributed by atoms with E-state index in [0.29, 0.717) is 0 Å². The molecule has 0 unspecified atom stereocenters. The Morgan fingerprint density at radius 2 is 2.27 bits per heavy atom. The Kier molecular flexibility index (Phi) is 3.12. The molecule has 0 amide bonds. The Bertz CT molecular complexity index is 315. The molecular formula is C12H19NO2. The molecule has 0 aromatic carbocycles. The lowest BCUT2D eigenvalue weighted by Gasteiger charge is -2.42. The van der Waals surface area contributed by atoms with E-state index in [1.807, 2.05) is 19.1 Å². The van der Waals surface area contributed by atoms with Crippen LogP contribution in [0, 0.1) is 6.92 Å². The highest BCUT2D eigenvalue weighted by atomic mass is 16.3. The molecule has 1 aliphatic carbocycles. The van der Waals surface area contributed by atoms with E-state index in [-0.39, 0.29) is 12.1 Å². The Hall–Kier alpha value is -0.800. The van der Waals surface area contributed by atoms with Gasteiger partial charge in [0.25, 0.3) is 0 Å². The predicted octanol–water partition coefficient (Wildman–Crippen LogP) is 1.98. The highest BCUT2D eigenvalue weighted by Gasteiger charge is 2.35. The van der Waals surface area contributed by atoms with Crippen molar-refractivity contribution in [2.45, 2.75) is 44.7 Å². The molecule has 3 nitrogen and oxygen atoms in total. The smallest absolute Gasteiger partial charge is 0.117 e. The third-order valence-electron chi connectivity index (χ3n) is 3.33. The summed E-state index contributed by atoms with van der Waals surface area (Å²) in [5.41, 5.74) is 0.176. The molecule has 0 aliphatic heterocycles. The first-order valence-corrected chi connectivity index (χ1v) is 5.65. The topological polar surface area (TPSA) is 45.4 Å². The molecule has 2 N–H and O–H groups in total. The Morgan fingerprint density at radius 3 is 2.73 bits per heavy atom. The van der Waals surface area contributed by atoms with Crippen molar-refractivity contribution in [3.63, 3.8) is 0 Å². The number of furan rings is 1. The summed E-state index contributed by atoms with van der Waals surface area (Å²) in [5, 5.41) is 12.5. The number of hydrogen-bond acceptors (Lipinski definition) is 3. The largest absolute Gasteiger partial charge is 0.465 e. The van der Waals surface area contributed by atoms with Crippen LogP contribution >= 0.6 is 0 Å². The minimum absolute atomic E-state index is 0.176. The van der Waals surface area contributed by atoms with Crippen LogP contribution in [0.15, 0.2) is 16.5 Å². The van der Waals surface area contributed by atoms with Crippen molar-refractivity contribution in [3.05, 3.63) is 23.7 Å². The van der Waals surface area contributed by atoms with E-state index in [9.17, 15) is 0 Å². The molecule has 1 saturated carbocycles. The van der Waals surface area contributed by atoms with Crippen molar-refractivity contribution in [2.75, 3.05) is 6.61 Å². The van der Waals surface area contributed by atoms with Crippen LogP contribution in [0.25, 0.3) is 0 Å². The summed E-state index contributed by atoms with van der Waals surface area (Å²) in [6.45, 7) is 2.99. The molecule has 1 heterocycles. The zero-order valence-electron chi connectivity index (χ0n) is 9.25. The van der Waals surface area contributed by atoms with Gasteiger partial charge >= 0.3 is 0 Å². The van der Waals surface area contributed by atoms with Crippen molar-refractivity contribution in [1.29, 1.82) is 0 Å². The normalized spacial score (nSPS) is 18.8. The molecular weight excluding hydrogens is 190 g/mol. The molecule has 1 aromatic heterocycles. The summed E-state index contributed by atoms with van der Waals surface area (Å²) >= 11 is 0. The molecule has 0 saturated heterocycles. The predicted molar refractivity (Wildman–Crippen MR) is 58.6 cm³/mol. The van der Waals surface area contributed by atoms with Crippen LogP contribution < -0.4 is 5.32 Å². The van der Waals surface area contributed by atoms with Gasteiger partial charge in [-0.2, -0.15) is 0 Å². The van der Waals surface area contributed by atoms with E-state index >= 15 is 0 Å². The highest BCUT2D eigenvalue weighted by molar-refractivity contribution is 5.06. The molecule has 2 rings (SSSR count). The summed E-state index contributed by atoms with van der Waals surface area (Å²) in [6.07, 6.45) is 4.47. The number of aliphatic hydroxyl groups excluding tert-OH is 1. The van der Waals surface area contributed by atoms with Gasteiger partial charge < -0.3 is 14.8 Å². The molecule has 15 heavy (non-hydrogen) atoms. The molecule has 1 aromatic rings. The number of aryl methyl sites for hydroxylation is 1. The Balaban J connectivity index is 1.86. The zero-order chi connectivity index (χ0) is 10.7. The first kappa shape index (κ1) is 10.7. The maximum absolute atomic E-state index is 9.00. The fourth-order valence-electron chi connectivity index (χ4n) is 2.19. The lowest BCUT2D eigenvalue weighted by molar-refractivity contribution is 0.127. The van der Waals surface area contributed by atoms with Gasteiger partial charge in [-0.1, -0.05) is 0 Å². The number of rotatable bonds is 5. The molecule has 0 radical (unpaired) electrons. The lowest BCUT2D eigenvalue weighted by atomic mass is 9.74. The lowest BCUT2D eigenvalue weighted by Crippen LogP contribution is -2.51. The second-order valence-electron chi connectivity index (χ2n) is 4.47. The van der Waals surface area contributed by atoms with Gasteiger partial charge in [-0.25, -0.2) is 0 Å².